The lowest BCUT2D eigenvalue weighted by Crippen LogP contribution is -1.84. The number of nitrogens with zero attached hydrogens (tertiary/aromatic N) is 1. The first kappa shape index (κ1) is 18.6. The Morgan fingerprint density at radius 2 is 1.00 bits per heavy atom. The molecule has 0 saturated heterocycles. The van der Waals surface area contributed by atoms with Gasteiger partial charge in [-0.3, -0.25) is 0 Å². The van der Waals surface area contributed by atoms with Gasteiger partial charge in [0.15, 0.2) is 0 Å². The normalized spacial score (nSPS) is 10.8. The first-order chi connectivity index (χ1) is 14.8. The second-order valence-electron chi connectivity index (χ2n) is 7.13. The van der Waals surface area contributed by atoms with E-state index in [0.717, 1.165) is 38.4 Å². The Labute approximate surface area is 184 Å². The van der Waals surface area contributed by atoms with E-state index in [1.54, 1.807) is 0 Å². The SMILES string of the molecule is Brc1ccc(-c2nc(-c3ccccc3)c(-c3ccc(-c4ccccc4)cc3)[nH]2)cc1. The third-order valence-corrected chi connectivity index (χ3v) is 5.68. The van der Waals surface area contributed by atoms with E-state index in [4.69, 9.17) is 4.98 Å². The molecule has 5 rings (SSSR count). The quantitative estimate of drug-likeness (QED) is 0.296. The third-order valence-electron chi connectivity index (χ3n) is 5.15. The minimum atomic E-state index is 0.864. The van der Waals surface area contributed by atoms with Crippen molar-refractivity contribution < 1.29 is 0 Å². The zero-order chi connectivity index (χ0) is 20.3. The first-order valence-corrected chi connectivity index (χ1v) is 10.6. The maximum Gasteiger partial charge on any atom is 0.138 e. The van der Waals surface area contributed by atoms with Crippen LogP contribution in [0.25, 0.3) is 45.0 Å². The van der Waals surface area contributed by atoms with Gasteiger partial charge in [0.2, 0.25) is 0 Å². The molecule has 0 fully saturated rings. The highest BCUT2D eigenvalue weighted by Gasteiger charge is 2.15. The molecule has 3 heteroatoms. The lowest BCUT2D eigenvalue weighted by molar-refractivity contribution is 1.31. The fourth-order valence-electron chi connectivity index (χ4n) is 3.59. The number of H-pyrrole nitrogens is 1. The molecule has 2 nitrogen and oxygen atoms in total. The van der Waals surface area contributed by atoms with Crippen molar-refractivity contribution in [2.75, 3.05) is 0 Å². The average Bonchev–Trinajstić information content (AvgIpc) is 3.26. The molecule has 0 bridgehead atoms. The van der Waals surface area contributed by atoms with Crippen LogP contribution in [0.4, 0.5) is 0 Å². The Hall–Kier alpha value is -3.43. The fraction of sp³-hybridized carbons (Fsp3) is 0. The van der Waals surface area contributed by atoms with Crippen LogP contribution in [0.1, 0.15) is 0 Å². The molecule has 4 aromatic carbocycles. The lowest BCUT2D eigenvalue weighted by Gasteiger charge is -2.06. The standard InChI is InChI=1S/C27H19BrN2/c28-24-17-15-23(16-18-24)27-29-25(21-9-5-2-6-10-21)26(30-27)22-13-11-20(12-14-22)19-7-3-1-4-8-19/h1-18H,(H,29,30). The molecule has 30 heavy (non-hydrogen) atoms. The van der Waals surface area contributed by atoms with Crippen LogP contribution in [0.3, 0.4) is 0 Å². The molecule has 0 atom stereocenters. The highest BCUT2D eigenvalue weighted by atomic mass is 79.9. The van der Waals surface area contributed by atoms with Crippen LogP contribution in [0.5, 0.6) is 0 Å². The molecule has 1 N–H and O–H groups in total. The summed E-state index contributed by atoms with van der Waals surface area (Å²) in [5.74, 6) is 0.864. The van der Waals surface area contributed by atoms with Crippen molar-refractivity contribution in [3.8, 4) is 45.0 Å². The van der Waals surface area contributed by atoms with E-state index in [1.165, 1.54) is 11.1 Å². The third kappa shape index (κ3) is 3.72. The second kappa shape index (κ2) is 8.13. The number of aromatic amines is 1. The number of halogens is 1. The summed E-state index contributed by atoms with van der Waals surface area (Å²) in [5.41, 5.74) is 7.67. The molecule has 5 aromatic rings. The predicted molar refractivity (Wildman–Crippen MR) is 128 cm³/mol. The van der Waals surface area contributed by atoms with Crippen molar-refractivity contribution >= 4 is 15.9 Å². The number of rotatable bonds is 4. The smallest absolute Gasteiger partial charge is 0.138 e. The van der Waals surface area contributed by atoms with Gasteiger partial charge in [-0.15, -0.1) is 0 Å². The number of benzene rings is 4. The Morgan fingerprint density at radius 3 is 1.63 bits per heavy atom. The van der Waals surface area contributed by atoms with Gasteiger partial charge in [-0.05, 0) is 23.3 Å². The molecule has 0 aliphatic rings. The number of hydrogen-bond acceptors (Lipinski definition) is 1. The maximum absolute atomic E-state index is 4.97. The summed E-state index contributed by atoms with van der Waals surface area (Å²) in [6.07, 6.45) is 0. The molecule has 0 aliphatic heterocycles. The number of imidazole rings is 1. The van der Waals surface area contributed by atoms with Gasteiger partial charge in [-0.1, -0.05) is 113 Å². The van der Waals surface area contributed by atoms with Gasteiger partial charge in [-0.25, -0.2) is 4.98 Å². The van der Waals surface area contributed by atoms with Gasteiger partial charge in [0.05, 0.1) is 11.4 Å². The molecule has 0 spiro atoms. The van der Waals surface area contributed by atoms with Crippen molar-refractivity contribution in [2.24, 2.45) is 0 Å². The van der Waals surface area contributed by atoms with Crippen LogP contribution in [0.2, 0.25) is 0 Å². The van der Waals surface area contributed by atoms with E-state index >= 15 is 0 Å². The van der Waals surface area contributed by atoms with E-state index in [9.17, 15) is 0 Å². The van der Waals surface area contributed by atoms with Crippen molar-refractivity contribution in [3.63, 3.8) is 0 Å². The summed E-state index contributed by atoms with van der Waals surface area (Å²) >= 11 is 3.51. The van der Waals surface area contributed by atoms with Gasteiger partial charge in [0, 0.05) is 21.2 Å². The van der Waals surface area contributed by atoms with E-state index in [0.29, 0.717) is 0 Å². The summed E-state index contributed by atoms with van der Waals surface area (Å²) in [6.45, 7) is 0. The van der Waals surface area contributed by atoms with Gasteiger partial charge >= 0.3 is 0 Å². The molecule has 144 valence electrons. The van der Waals surface area contributed by atoms with Crippen molar-refractivity contribution in [1.29, 1.82) is 0 Å². The summed E-state index contributed by atoms with van der Waals surface area (Å²) in [6, 6.07) is 37.6. The largest absolute Gasteiger partial charge is 0.337 e. The summed E-state index contributed by atoms with van der Waals surface area (Å²) < 4.78 is 1.05. The van der Waals surface area contributed by atoms with Crippen LogP contribution in [0, 0.1) is 0 Å². The van der Waals surface area contributed by atoms with Gasteiger partial charge in [0.1, 0.15) is 5.82 Å². The number of hydrogen-bond donors (Lipinski definition) is 1. The zero-order valence-corrected chi connectivity index (χ0v) is 17.8. The number of aromatic nitrogens is 2. The summed E-state index contributed by atoms with van der Waals surface area (Å²) in [4.78, 5) is 8.53. The molecule has 1 heterocycles. The fourth-order valence-corrected chi connectivity index (χ4v) is 3.86. The van der Waals surface area contributed by atoms with Crippen molar-refractivity contribution in [2.45, 2.75) is 0 Å². The van der Waals surface area contributed by atoms with E-state index in [-0.39, 0.29) is 0 Å². The minimum absolute atomic E-state index is 0.864. The summed E-state index contributed by atoms with van der Waals surface area (Å²) in [7, 11) is 0. The molecular weight excluding hydrogens is 432 g/mol. The topological polar surface area (TPSA) is 28.7 Å². The van der Waals surface area contributed by atoms with E-state index in [1.807, 2.05) is 36.4 Å². The van der Waals surface area contributed by atoms with Crippen LogP contribution >= 0.6 is 15.9 Å². The van der Waals surface area contributed by atoms with E-state index in [2.05, 4.69) is 93.7 Å². The lowest BCUT2D eigenvalue weighted by atomic mass is 10.0. The Bertz CT molecular complexity index is 1260. The second-order valence-corrected chi connectivity index (χ2v) is 8.04. The van der Waals surface area contributed by atoms with Crippen molar-refractivity contribution in [3.05, 3.63) is 114 Å². The highest BCUT2D eigenvalue weighted by Crippen LogP contribution is 2.34. The zero-order valence-electron chi connectivity index (χ0n) is 16.2. The molecule has 0 aliphatic carbocycles. The molecule has 0 unspecified atom stereocenters. The predicted octanol–water partition coefficient (Wildman–Crippen LogP) is 7.84. The number of nitrogens with one attached hydrogen (secondary N) is 1. The van der Waals surface area contributed by atoms with Crippen molar-refractivity contribution in [1.82, 2.24) is 9.97 Å². The highest BCUT2D eigenvalue weighted by molar-refractivity contribution is 9.10. The van der Waals surface area contributed by atoms with Crippen LogP contribution in [-0.4, -0.2) is 9.97 Å². The Balaban J connectivity index is 1.60. The molecule has 1 aromatic heterocycles. The first-order valence-electron chi connectivity index (χ1n) is 9.85. The molecular formula is C27H19BrN2. The minimum Gasteiger partial charge on any atom is -0.337 e. The monoisotopic (exact) mass is 450 g/mol. The average molecular weight is 451 g/mol. The van der Waals surface area contributed by atoms with Gasteiger partial charge in [-0.2, -0.15) is 0 Å². The molecule has 0 saturated carbocycles. The van der Waals surface area contributed by atoms with Crippen LogP contribution in [-0.2, 0) is 0 Å². The van der Waals surface area contributed by atoms with Gasteiger partial charge < -0.3 is 4.98 Å². The van der Waals surface area contributed by atoms with Crippen LogP contribution in [0.15, 0.2) is 114 Å². The Morgan fingerprint density at radius 1 is 0.500 bits per heavy atom. The maximum atomic E-state index is 4.97. The Kier molecular flexibility index (Phi) is 5.04. The van der Waals surface area contributed by atoms with Gasteiger partial charge in [0.25, 0.3) is 0 Å². The summed E-state index contributed by atoms with van der Waals surface area (Å²) in [5, 5.41) is 0. The van der Waals surface area contributed by atoms with E-state index < -0.39 is 0 Å². The molecule has 0 amide bonds. The molecule has 0 radical (unpaired) electrons. The van der Waals surface area contributed by atoms with Crippen LogP contribution < -0.4 is 0 Å².